The summed E-state index contributed by atoms with van der Waals surface area (Å²) < 4.78 is 15.3. The van der Waals surface area contributed by atoms with Crippen LogP contribution >= 0.6 is 11.6 Å². The van der Waals surface area contributed by atoms with Crippen LogP contribution in [-0.2, 0) is 7.05 Å². The van der Waals surface area contributed by atoms with Gasteiger partial charge in [0, 0.05) is 43.3 Å². The van der Waals surface area contributed by atoms with E-state index in [2.05, 4.69) is 10.1 Å². The van der Waals surface area contributed by atoms with Crippen molar-refractivity contribution in [2.24, 2.45) is 7.05 Å². The van der Waals surface area contributed by atoms with Crippen molar-refractivity contribution in [1.29, 1.82) is 0 Å². The van der Waals surface area contributed by atoms with Gasteiger partial charge in [-0.3, -0.25) is 14.5 Å². The first-order valence-electron chi connectivity index (χ1n) is 9.24. The number of carbonyl (C=O) groups is 1. The Labute approximate surface area is 167 Å². The quantitative estimate of drug-likeness (QED) is 0.645. The van der Waals surface area contributed by atoms with Crippen molar-refractivity contribution in [1.82, 2.24) is 19.7 Å². The number of halogens is 2. The fourth-order valence-corrected chi connectivity index (χ4v) is 3.94. The van der Waals surface area contributed by atoms with Gasteiger partial charge in [0.15, 0.2) is 0 Å². The maximum Gasteiger partial charge on any atom is 0.254 e. The van der Waals surface area contributed by atoms with Crippen molar-refractivity contribution in [3.63, 3.8) is 0 Å². The molecule has 1 fully saturated rings. The topological polar surface area (TPSA) is 51.0 Å². The molecule has 144 valence electrons. The fraction of sp³-hybridized carbons (Fsp3) is 0.286. The van der Waals surface area contributed by atoms with Crippen molar-refractivity contribution < 1.29 is 9.18 Å². The Morgan fingerprint density at radius 2 is 2.00 bits per heavy atom. The van der Waals surface area contributed by atoms with E-state index in [1.807, 2.05) is 30.3 Å². The van der Waals surface area contributed by atoms with Crippen molar-refractivity contribution in [2.75, 3.05) is 6.54 Å². The number of likely N-dealkylation sites (tertiary alicyclic amines) is 1. The number of piperidine rings is 1. The van der Waals surface area contributed by atoms with Gasteiger partial charge in [-0.15, -0.1) is 0 Å². The van der Waals surface area contributed by atoms with E-state index in [-0.39, 0.29) is 17.0 Å². The molecule has 0 N–H and O–H groups in total. The summed E-state index contributed by atoms with van der Waals surface area (Å²) >= 11 is 5.89. The van der Waals surface area contributed by atoms with Crippen LogP contribution in [0.5, 0.6) is 0 Å². The van der Waals surface area contributed by atoms with Gasteiger partial charge >= 0.3 is 0 Å². The van der Waals surface area contributed by atoms with Crippen LogP contribution in [0.4, 0.5) is 4.39 Å². The Bertz CT molecular complexity index is 1000. The maximum absolute atomic E-state index is 13.5. The van der Waals surface area contributed by atoms with Gasteiger partial charge in [-0.05, 0) is 55.2 Å². The second-order valence-corrected chi connectivity index (χ2v) is 7.38. The predicted molar refractivity (Wildman–Crippen MR) is 105 cm³/mol. The fourth-order valence-electron chi connectivity index (χ4n) is 3.76. The van der Waals surface area contributed by atoms with E-state index in [4.69, 9.17) is 11.6 Å². The average Bonchev–Trinajstić information content (AvgIpc) is 3.12. The van der Waals surface area contributed by atoms with E-state index in [0.717, 1.165) is 36.1 Å². The zero-order valence-corrected chi connectivity index (χ0v) is 16.2. The van der Waals surface area contributed by atoms with E-state index in [1.54, 1.807) is 17.1 Å². The number of benzene rings is 1. The van der Waals surface area contributed by atoms with Crippen LogP contribution in [0.25, 0.3) is 11.1 Å². The molecule has 5 nitrogen and oxygen atoms in total. The highest BCUT2D eigenvalue weighted by molar-refractivity contribution is 6.31. The van der Waals surface area contributed by atoms with Gasteiger partial charge in [-0.25, -0.2) is 4.39 Å². The number of aromatic nitrogens is 3. The zero-order chi connectivity index (χ0) is 19.7. The van der Waals surface area contributed by atoms with Crippen LogP contribution in [0.2, 0.25) is 5.02 Å². The second kappa shape index (κ2) is 7.72. The Morgan fingerprint density at radius 1 is 1.21 bits per heavy atom. The zero-order valence-electron chi connectivity index (χ0n) is 15.5. The molecule has 1 aliphatic heterocycles. The minimum atomic E-state index is -0.530. The summed E-state index contributed by atoms with van der Waals surface area (Å²) in [6.45, 7) is 0.630. The lowest BCUT2D eigenvalue weighted by molar-refractivity contribution is 0.0606. The highest BCUT2D eigenvalue weighted by atomic mass is 35.5. The van der Waals surface area contributed by atoms with E-state index >= 15 is 0 Å². The first-order valence-corrected chi connectivity index (χ1v) is 9.62. The molecule has 28 heavy (non-hydrogen) atoms. The Kier molecular flexibility index (Phi) is 5.13. The first-order chi connectivity index (χ1) is 13.5. The molecule has 0 aliphatic carbocycles. The molecule has 1 aromatic carbocycles. The number of amides is 1. The highest BCUT2D eigenvalue weighted by Crippen LogP contribution is 2.37. The third kappa shape index (κ3) is 3.52. The number of rotatable bonds is 3. The van der Waals surface area contributed by atoms with Crippen LogP contribution in [0.15, 0.2) is 48.9 Å². The summed E-state index contributed by atoms with van der Waals surface area (Å²) in [5, 5.41) is 4.64. The molecule has 0 radical (unpaired) electrons. The molecule has 1 amide bonds. The molecule has 0 spiro atoms. The van der Waals surface area contributed by atoms with Crippen LogP contribution in [0, 0.1) is 5.82 Å². The summed E-state index contributed by atoms with van der Waals surface area (Å²) in [6.07, 6.45) is 8.23. The minimum absolute atomic E-state index is 0.0466. The lowest BCUT2D eigenvalue weighted by Crippen LogP contribution is -2.39. The molecule has 1 aliphatic rings. The van der Waals surface area contributed by atoms with Crippen molar-refractivity contribution in [3.8, 4) is 11.1 Å². The predicted octanol–water partition coefficient (Wildman–Crippen LogP) is 4.64. The van der Waals surface area contributed by atoms with Gasteiger partial charge < -0.3 is 4.90 Å². The van der Waals surface area contributed by atoms with Gasteiger partial charge in [-0.1, -0.05) is 11.6 Å². The molecule has 3 heterocycles. The van der Waals surface area contributed by atoms with Crippen molar-refractivity contribution in [3.05, 3.63) is 71.0 Å². The van der Waals surface area contributed by atoms with E-state index in [1.165, 1.54) is 18.2 Å². The molecule has 0 saturated carbocycles. The second-order valence-electron chi connectivity index (χ2n) is 6.98. The van der Waals surface area contributed by atoms with Crippen molar-refractivity contribution in [2.45, 2.75) is 25.3 Å². The maximum atomic E-state index is 13.5. The molecule has 1 saturated heterocycles. The Balaban J connectivity index is 1.72. The lowest BCUT2D eigenvalue weighted by Gasteiger charge is -2.35. The molecule has 4 rings (SSSR count). The van der Waals surface area contributed by atoms with Gasteiger partial charge in [0.05, 0.1) is 16.8 Å². The van der Waals surface area contributed by atoms with Gasteiger partial charge in [0.25, 0.3) is 5.91 Å². The third-order valence-corrected chi connectivity index (χ3v) is 5.38. The van der Waals surface area contributed by atoms with Gasteiger partial charge in [0.2, 0.25) is 0 Å². The molecule has 0 bridgehead atoms. The summed E-state index contributed by atoms with van der Waals surface area (Å²) in [5.41, 5.74) is 3.27. The molecule has 3 aromatic rings. The molecular weight excluding hydrogens is 379 g/mol. The molecule has 2 aromatic heterocycles. The van der Waals surface area contributed by atoms with E-state index in [0.29, 0.717) is 12.1 Å². The number of aryl methyl sites for hydroxylation is 1. The SMILES string of the molecule is Cn1cc(-c2ccncc2)c([C@@H]2CCCCN2C(=O)c2ccc(F)c(Cl)c2)n1. The lowest BCUT2D eigenvalue weighted by atomic mass is 9.94. The van der Waals surface area contributed by atoms with Crippen LogP contribution in [-0.4, -0.2) is 32.1 Å². The Hall–Kier alpha value is -2.73. The van der Waals surface area contributed by atoms with Crippen LogP contribution in [0.1, 0.15) is 41.4 Å². The Morgan fingerprint density at radius 3 is 2.75 bits per heavy atom. The standard InChI is InChI=1S/C21H20ClFN4O/c1-26-13-16(14-7-9-24-10-8-14)20(25-26)19-4-2-3-11-27(19)21(28)15-5-6-18(23)17(22)12-15/h5-10,12-13,19H,2-4,11H2,1H3/t19-/m0/s1. The van der Waals surface area contributed by atoms with Crippen LogP contribution in [0.3, 0.4) is 0 Å². The van der Waals surface area contributed by atoms with Gasteiger partial charge in [0.1, 0.15) is 5.82 Å². The largest absolute Gasteiger partial charge is 0.330 e. The summed E-state index contributed by atoms with van der Waals surface area (Å²) in [5.74, 6) is -0.684. The monoisotopic (exact) mass is 398 g/mol. The number of hydrogen-bond acceptors (Lipinski definition) is 3. The minimum Gasteiger partial charge on any atom is -0.330 e. The first kappa shape index (κ1) is 18.6. The average molecular weight is 399 g/mol. The van der Waals surface area contributed by atoms with Crippen molar-refractivity contribution >= 4 is 17.5 Å². The summed E-state index contributed by atoms with van der Waals surface area (Å²) in [7, 11) is 1.88. The van der Waals surface area contributed by atoms with E-state index < -0.39 is 5.82 Å². The molecule has 1 atom stereocenters. The molecule has 0 unspecified atom stereocenters. The number of pyridine rings is 1. The van der Waals surface area contributed by atoms with Crippen LogP contribution < -0.4 is 0 Å². The smallest absolute Gasteiger partial charge is 0.254 e. The number of nitrogens with zero attached hydrogens (tertiary/aromatic N) is 4. The third-order valence-electron chi connectivity index (χ3n) is 5.09. The summed E-state index contributed by atoms with van der Waals surface area (Å²) in [4.78, 5) is 19.1. The van der Waals surface area contributed by atoms with E-state index in [9.17, 15) is 9.18 Å². The van der Waals surface area contributed by atoms with Gasteiger partial charge in [-0.2, -0.15) is 5.10 Å². The number of carbonyl (C=O) groups excluding carboxylic acids is 1. The highest BCUT2D eigenvalue weighted by Gasteiger charge is 2.32. The molecular formula is C21H20ClFN4O. The summed E-state index contributed by atoms with van der Waals surface area (Å²) in [6, 6.07) is 7.85. The number of hydrogen-bond donors (Lipinski definition) is 0. The normalized spacial score (nSPS) is 17.0. The molecule has 7 heteroatoms.